The number of hydrogen-bond donors (Lipinski definition) is 1. The predicted molar refractivity (Wildman–Crippen MR) is 49.3 cm³/mol. The van der Waals surface area contributed by atoms with Crippen LogP contribution in [0.1, 0.15) is 17.8 Å². The third-order valence-electron chi connectivity index (χ3n) is 2.83. The number of nitrogens with zero attached hydrogens (tertiary/aromatic N) is 1. The van der Waals surface area contributed by atoms with Crippen molar-refractivity contribution >= 4 is 0 Å². The molecule has 14 heavy (non-hydrogen) atoms. The average Bonchev–Trinajstić information content (AvgIpc) is 2.70. The largest absolute Gasteiger partial charge is 0.329 e. The highest BCUT2D eigenvalue weighted by atomic mass is 19.3. The van der Waals surface area contributed by atoms with Crippen LogP contribution in [-0.4, -0.2) is 17.5 Å². The van der Waals surface area contributed by atoms with Gasteiger partial charge in [0.15, 0.2) is 0 Å². The summed E-state index contributed by atoms with van der Waals surface area (Å²) in [5.41, 5.74) is 5.38. The van der Waals surface area contributed by atoms with E-state index in [2.05, 4.69) is 4.98 Å². The summed E-state index contributed by atoms with van der Waals surface area (Å²) in [6.45, 7) is 1.74. The molecule has 4 heteroatoms. The summed E-state index contributed by atoms with van der Waals surface area (Å²) in [6.07, 6.45) is -0.174. The lowest BCUT2D eigenvalue weighted by atomic mass is 10.0. The van der Waals surface area contributed by atoms with Crippen molar-refractivity contribution in [3.63, 3.8) is 0 Å². The molecule has 1 unspecified atom stereocenters. The summed E-state index contributed by atoms with van der Waals surface area (Å²) in [5, 5.41) is 0. The van der Waals surface area contributed by atoms with Crippen LogP contribution in [0.15, 0.2) is 18.2 Å². The molecular formula is C10H12F2N2. The highest BCUT2D eigenvalue weighted by Crippen LogP contribution is 2.60. The van der Waals surface area contributed by atoms with Crippen LogP contribution in [-0.2, 0) is 5.41 Å². The lowest BCUT2D eigenvalue weighted by Crippen LogP contribution is -2.27. The van der Waals surface area contributed by atoms with E-state index in [9.17, 15) is 8.78 Å². The van der Waals surface area contributed by atoms with E-state index in [1.165, 1.54) is 0 Å². The first-order valence-corrected chi connectivity index (χ1v) is 4.54. The second kappa shape index (κ2) is 2.73. The van der Waals surface area contributed by atoms with Gasteiger partial charge in [-0.15, -0.1) is 0 Å². The van der Waals surface area contributed by atoms with Gasteiger partial charge in [0.25, 0.3) is 5.92 Å². The van der Waals surface area contributed by atoms with Crippen molar-refractivity contribution in [2.24, 2.45) is 5.73 Å². The van der Waals surface area contributed by atoms with Crippen LogP contribution in [0.3, 0.4) is 0 Å². The van der Waals surface area contributed by atoms with Crippen LogP contribution in [0.2, 0.25) is 0 Å². The molecule has 2 nitrogen and oxygen atoms in total. The second-order valence-electron chi connectivity index (χ2n) is 3.83. The summed E-state index contributed by atoms with van der Waals surface area (Å²) in [6, 6.07) is 5.15. The standard InChI is InChI=1S/C10H12F2N2/c1-7-3-2-4-8(14-7)9(6-13)5-10(9,11)12/h2-4H,5-6,13H2,1H3. The van der Waals surface area contributed by atoms with Gasteiger partial charge in [0.05, 0.1) is 11.1 Å². The quantitative estimate of drug-likeness (QED) is 0.784. The molecule has 1 aromatic rings. The van der Waals surface area contributed by atoms with Crippen LogP contribution < -0.4 is 5.73 Å². The van der Waals surface area contributed by atoms with Gasteiger partial charge in [-0.05, 0) is 19.1 Å². The molecule has 0 bridgehead atoms. The Balaban J connectivity index is 2.40. The summed E-state index contributed by atoms with van der Waals surface area (Å²) < 4.78 is 26.3. The van der Waals surface area contributed by atoms with E-state index < -0.39 is 11.3 Å². The highest BCUT2D eigenvalue weighted by Gasteiger charge is 2.72. The minimum absolute atomic E-state index is 0.0452. The molecule has 0 saturated heterocycles. The van der Waals surface area contributed by atoms with E-state index >= 15 is 0 Å². The van der Waals surface area contributed by atoms with Gasteiger partial charge < -0.3 is 5.73 Å². The van der Waals surface area contributed by atoms with Gasteiger partial charge in [0.1, 0.15) is 0 Å². The molecule has 0 aliphatic heterocycles. The second-order valence-corrected chi connectivity index (χ2v) is 3.83. The van der Waals surface area contributed by atoms with E-state index in [0.29, 0.717) is 5.69 Å². The topological polar surface area (TPSA) is 38.9 Å². The van der Waals surface area contributed by atoms with Crippen molar-refractivity contribution < 1.29 is 8.78 Å². The van der Waals surface area contributed by atoms with Crippen molar-refractivity contribution in [3.05, 3.63) is 29.6 Å². The van der Waals surface area contributed by atoms with E-state index in [-0.39, 0.29) is 13.0 Å². The zero-order chi connectivity index (χ0) is 10.4. The summed E-state index contributed by atoms with van der Waals surface area (Å²) in [4.78, 5) is 4.11. The Labute approximate surface area is 81.1 Å². The van der Waals surface area contributed by atoms with Gasteiger partial charge in [-0.3, -0.25) is 4.98 Å². The lowest BCUT2D eigenvalue weighted by molar-refractivity contribution is 0.0886. The summed E-state index contributed by atoms with van der Waals surface area (Å²) in [7, 11) is 0. The molecule has 0 aromatic carbocycles. The Morgan fingerprint density at radius 1 is 1.50 bits per heavy atom. The van der Waals surface area contributed by atoms with Crippen molar-refractivity contribution in [1.82, 2.24) is 4.98 Å². The van der Waals surface area contributed by atoms with E-state index in [1.54, 1.807) is 25.1 Å². The Bertz CT molecular complexity index is 365. The van der Waals surface area contributed by atoms with E-state index in [4.69, 9.17) is 5.73 Å². The molecule has 0 radical (unpaired) electrons. The number of nitrogens with two attached hydrogens (primary N) is 1. The predicted octanol–water partition coefficient (Wildman–Crippen LogP) is 1.63. The molecule has 2 rings (SSSR count). The Hall–Kier alpha value is -1.03. The minimum Gasteiger partial charge on any atom is -0.329 e. The molecule has 76 valence electrons. The molecule has 0 amide bonds. The smallest absolute Gasteiger partial charge is 0.261 e. The highest BCUT2D eigenvalue weighted by molar-refractivity contribution is 5.34. The van der Waals surface area contributed by atoms with Crippen LogP contribution in [0.5, 0.6) is 0 Å². The minimum atomic E-state index is -2.68. The van der Waals surface area contributed by atoms with Crippen LogP contribution in [0.25, 0.3) is 0 Å². The molecule has 0 spiro atoms. The number of halogens is 2. The fraction of sp³-hybridized carbons (Fsp3) is 0.500. The first kappa shape index (κ1) is 9.52. The molecular weight excluding hydrogens is 186 g/mol. The van der Waals surface area contributed by atoms with Crippen molar-refractivity contribution in [2.75, 3.05) is 6.54 Å². The summed E-state index contributed by atoms with van der Waals surface area (Å²) >= 11 is 0. The van der Waals surface area contributed by atoms with Crippen LogP contribution in [0, 0.1) is 6.92 Å². The third kappa shape index (κ3) is 1.14. The van der Waals surface area contributed by atoms with Crippen molar-refractivity contribution in [2.45, 2.75) is 24.7 Å². The van der Waals surface area contributed by atoms with Gasteiger partial charge in [0, 0.05) is 18.7 Å². The Morgan fingerprint density at radius 3 is 2.57 bits per heavy atom. The molecule has 1 aliphatic rings. The molecule has 1 aromatic heterocycles. The van der Waals surface area contributed by atoms with E-state index in [0.717, 1.165) is 5.69 Å². The molecule has 2 N–H and O–H groups in total. The lowest BCUT2D eigenvalue weighted by Gasteiger charge is -2.13. The number of pyridine rings is 1. The maximum absolute atomic E-state index is 13.1. The van der Waals surface area contributed by atoms with Gasteiger partial charge in [-0.1, -0.05) is 6.07 Å². The summed E-state index contributed by atoms with van der Waals surface area (Å²) in [5.74, 6) is -2.68. The fourth-order valence-corrected chi connectivity index (χ4v) is 1.75. The number of rotatable bonds is 2. The first-order chi connectivity index (χ1) is 6.52. The number of alkyl halides is 2. The first-order valence-electron chi connectivity index (χ1n) is 4.54. The molecule has 1 fully saturated rings. The maximum Gasteiger partial charge on any atom is 0.261 e. The molecule has 1 heterocycles. The van der Waals surface area contributed by atoms with Crippen molar-refractivity contribution in [1.29, 1.82) is 0 Å². The number of aromatic nitrogens is 1. The molecule has 1 saturated carbocycles. The number of hydrogen-bond acceptors (Lipinski definition) is 2. The van der Waals surface area contributed by atoms with Gasteiger partial charge in [0.2, 0.25) is 0 Å². The van der Waals surface area contributed by atoms with Crippen molar-refractivity contribution in [3.8, 4) is 0 Å². The third-order valence-corrected chi connectivity index (χ3v) is 2.83. The van der Waals surface area contributed by atoms with Crippen LogP contribution in [0.4, 0.5) is 8.78 Å². The van der Waals surface area contributed by atoms with Gasteiger partial charge in [-0.25, -0.2) is 8.78 Å². The number of aryl methyl sites for hydroxylation is 1. The Kier molecular flexibility index (Phi) is 1.86. The van der Waals surface area contributed by atoms with E-state index in [1.807, 2.05) is 0 Å². The Morgan fingerprint density at radius 2 is 2.14 bits per heavy atom. The SMILES string of the molecule is Cc1cccc(C2(CN)CC2(F)F)n1. The average molecular weight is 198 g/mol. The van der Waals surface area contributed by atoms with Gasteiger partial charge in [-0.2, -0.15) is 0 Å². The van der Waals surface area contributed by atoms with Crippen LogP contribution >= 0.6 is 0 Å². The zero-order valence-electron chi connectivity index (χ0n) is 7.93. The molecule has 1 aliphatic carbocycles. The zero-order valence-corrected chi connectivity index (χ0v) is 7.93. The molecule has 1 atom stereocenters. The monoisotopic (exact) mass is 198 g/mol. The fourth-order valence-electron chi connectivity index (χ4n) is 1.75. The maximum atomic E-state index is 13.1. The normalized spacial score (nSPS) is 28.9. The van der Waals surface area contributed by atoms with Gasteiger partial charge >= 0.3 is 0 Å².